The molecule has 3 rings (SSSR count). The molecule has 1 aliphatic rings. The van der Waals surface area contributed by atoms with Crippen molar-refractivity contribution in [3.63, 3.8) is 0 Å². The number of carbonyl (C=O) groups is 2. The summed E-state index contributed by atoms with van der Waals surface area (Å²) < 4.78 is 5.33. The Morgan fingerprint density at radius 2 is 1.93 bits per heavy atom. The molecule has 1 aliphatic carbocycles. The molecule has 0 radical (unpaired) electrons. The Hall–Kier alpha value is -2.82. The molecule has 0 saturated carbocycles. The Morgan fingerprint density at radius 3 is 2.66 bits per heavy atom. The zero-order valence-electron chi connectivity index (χ0n) is 17.5. The van der Waals surface area contributed by atoms with E-state index in [0.717, 1.165) is 25.0 Å². The van der Waals surface area contributed by atoms with Crippen molar-refractivity contribution in [3.05, 3.63) is 59.2 Å². The number of anilines is 1. The first-order valence-electron chi connectivity index (χ1n) is 10.4. The van der Waals surface area contributed by atoms with Crippen LogP contribution in [0.15, 0.2) is 42.5 Å². The van der Waals surface area contributed by atoms with Crippen LogP contribution in [0, 0.1) is 0 Å². The summed E-state index contributed by atoms with van der Waals surface area (Å²) in [4.78, 5) is 27.0. The Balaban J connectivity index is 1.68. The quantitative estimate of drug-likeness (QED) is 0.745. The number of hydrogen-bond donors (Lipinski definition) is 1. The van der Waals surface area contributed by atoms with Crippen LogP contribution in [0.1, 0.15) is 60.5 Å². The SMILES string of the molecule is CCN(CC)C(=O)c1cccc(NC(=O)CC2CCCc3cc(OC)ccc32)c1. The number of nitrogens with zero attached hydrogens (tertiary/aromatic N) is 1. The molecule has 0 fully saturated rings. The number of methoxy groups -OCH3 is 1. The zero-order chi connectivity index (χ0) is 20.8. The maximum absolute atomic E-state index is 12.7. The second-order valence-electron chi connectivity index (χ2n) is 7.46. The summed E-state index contributed by atoms with van der Waals surface area (Å²) in [5.41, 5.74) is 3.79. The third-order valence-electron chi connectivity index (χ3n) is 5.66. The van der Waals surface area contributed by atoms with Gasteiger partial charge in [0.2, 0.25) is 5.91 Å². The number of nitrogens with one attached hydrogen (secondary N) is 1. The van der Waals surface area contributed by atoms with Crippen molar-refractivity contribution in [3.8, 4) is 5.75 Å². The molecule has 2 aromatic carbocycles. The van der Waals surface area contributed by atoms with E-state index >= 15 is 0 Å². The molecule has 0 heterocycles. The molecule has 0 aliphatic heterocycles. The zero-order valence-corrected chi connectivity index (χ0v) is 17.5. The number of amides is 2. The van der Waals surface area contributed by atoms with Gasteiger partial charge >= 0.3 is 0 Å². The fourth-order valence-electron chi connectivity index (χ4n) is 4.09. The summed E-state index contributed by atoms with van der Waals surface area (Å²) in [6.07, 6.45) is 3.55. The highest BCUT2D eigenvalue weighted by Gasteiger charge is 2.23. The first kappa shape index (κ1) is 20.9. The smallest absolute Gasteiger partial charge is 0.253 e. The lowest BCUT2D eigenvalue weighted by atomic mass is 9.81. The fourth-order valence-corrected chi connectivity index (χ4v) is 4.09. The molecule has 1 unspecified atom stereocenters. The number of rotatable bonds is 7. The van der Waals surface area contributed by atoms with Crippen LogP contribution in [0.3, 0.4) is 0 Å². The van der Waals surface area contributed by atoms with Crippen LogP contribution in [-0.4, -0.2) is 36.9 Å². The van der Waals surface area contributed by atoms with E-state index < -0.39 is 0 Å². The molecule has 1 atom stereocenters. The number of aryl methyl sites for hydroxylation is 1. The maximum Gasteiger partial charge on any atom is 0.253 e. The lowest BCUT2D eigenvalue weighted by Gasteiger charge is -2.25. The molecule has 0 bridgehead atoms. The highest BCUT2D eigenvalue weighted by atomic mass is 16.5. The first-order chi connectivity index (χ1) is 14.0. The van der Waals surface area contributed by atoms with Crippen molar-refractivity contribution in [2.24, 2.45) is 0 Å². The van der Waals surface area contributed by atoms with Gasteiger partial charge in [0.05, 0.1) is 7.11 Å². The van der Waals surface area contributed by atoms with Gasteiger partial charge in [0.15, 0.2) is 0 Å². The average molecular weight is 395 g/mol. The normalized spacial score (nSPS) is 15.3. The molecule has 0 aromatic heterocycles. The van der Waals surface area contributed by atoms with Crippen molar-refractivity contribution in [1.82, 2.24) is 4.90 Å². The van der Waals surface area contributed by atoms with Crippen LogP contribution >= 0.6 is 0 Å². The second kappa shape index (κ2) is 9.59. The minimum atomic E-state index is -0.0221. The molecule has 2 amide bonds. The molecular weight excluding hydrogens is 364 g/mol. The fraction of sp³-hybridized carbons (Fsp3) is 0.417. The minimum absolute atomic E-state index is 0.0127. The summed E-state index contributed by atoms with van der Waals surface area (Å²) in [6, 6.07) is 13.3. The number of carbonyl (C=O) groups excluding carboxylic acids is 2. The first-order valence-corrected chi connectivity index (χ1v) is 10.4. The van der Waals surface area contributed by atoms with Crippen LogP contribution in [0.25, 0.3) is 0 Å². The van der Waals surface area contributed by atoms with E-state index in [1.54, 1.807) is 24.1 Å². The monoisotopic (exact) mass is 394 g/mol. The van der Waals surface area contributed by atoms with Gasteiger partial charge in [-0.05, 0) is 80.5 Å². The van der Waals surface area contributed by atoms with Gasteiger partial charge in [-0.1, -0.05) is 12.1 Å². The number of benzene rings is 2. The largest absolute Gasteiger partial charge is 0.497 e. The van der Waals surface area contributed by atoms with Gasteiger partial charge in [-0.2, -0.15) is 0 Å². The van der Waals surface area contributed by atoms with Gasteiger partial charge in [0.25, 0.3) is 5.91 Å². The summed E-state index contributed by atoms with van der Waals surface area (Å²) in [5, 5.41) is 2.98. The van der Waals surface area contributed by atoms with Crippen molar-refractivity contribution < 1.29 is 14.3 Å². The number of fused-ring (bicyclic) bond motifs is 1. The molecule has 0 saturated heterocycles. The van der Waals surface area contributed by atoms with E-state index in [9.17, 15) is 9.59 Å². The topological polar surface area (TPSA) is 58.6 Å². The minimum Gasteiger partial charge on any atom is -0.497 e. The van der Waals surface area contributed by atoms with Crippen molar-refractivity contribution in [2.45, 2.75) is 45.4 Å². The number of hydrogen-bond acceptors (Lipinski definition) is 3. The maximum atomic E-state index is 12.7. The van der Waals surface area contributed by atoms with E-state index in [0.29, 0.717) is 30.8 Å². The van der Waals surface area contributed by atoms with Crippen LogP contribution in [0.4, 0.5) is 5.69 Å². The van der Waals surface area contributed by atoms with E-state index in [2.05, 4.69) is 17.4 Å². The third kappa shape index (κ3) is 4.97. The lowest BCUT2D eigenvalue weighted by molar-refractivity contribution is -0.116. The van der Waals surface area contributed by atoms with E-state index in [1.165, 1.54) is 11.1 Å². The van der Waals surface area contributed by atoms with Gasteiger partial charge in [-0.25, -0.2) is 0 Å². The lowest BCUT2D eigenvalue weighted by Crippen LogP contribution is -2.30. The van der Waals surface area contributed by atoms with Crippen molar-refractivity contribution in [1.29, 1.82) is 0 Å². The van der Waals surface area contributed by atoms with Gasteiger partial charge in [0.1, 0.15) is 5.75 Å². The Labute approximate surface area is 173 Å². The Morgan fingerprint density at radius 1 is 1.14 bits per heavy atom. The van der Waals surface area contributed by atoms with Crippen LogP contribution in [-0.2, 0) is 11.2 Å². The molecule has 0 spiro atoms. The van der Waals surface area contributed by atoms with Crippen molar-refractivity contribution >= 4 is 17.5 Å². The molecule has 1 N–H and O–H groups in total. The molecule has 2 aromatic rings. The van der Waals surface area contributed by atoms with Crippen LogP contribution in [0.2, 0.25) is 0 Å². The third-order valence-corrected chi connectivity index (χ3v) is 5.66. The van der Waals surface area contributed by atoms with Gasteiger partial charge < -0.3 is 15.0 Å². The Kier molecular flexibility index (Phi) is 6.91. The highest BCUT2D eigenvalue weighted by molar-refractivity contribution is 5.97. The molecule has 29 heavy (non-hydrogen) atoms. The van der Waals surface area contributed by atoms with Gasteiger partial charge in [-0.3, -0.25) is 9.59 Å². The summed E-state index contributed by atoms with van der Waals surface area (Å²) >= 11 is 0. The van der Waals surface area contributed by atoms with E-state index in [-0.39, 0.29) is 17.7 Å². The van der Waals surface area contributed by atoms with Gasteiger partial charge in [-0.15, -0.1) is 0 Å². The van der Waals surface area contributed by atoms with E-state index in [4.69, 9.17) is 4.74 Å². The van der Waals surface area contributed by atoms with E-state index in [1.807, 2.05) is 32.0 Å². The molecular formula is C24H30N2O3. The van der Waals surface area contributed by atoms with Crippen molar-refractivity contribution in [2.75, 3.05) is 25.5 Å². The standard InChI is InChI=1S/C24H30N2O3/c1-4-26(5-2)24(28)19-10-7-11-20(14-19)25-23(27)16-18-9-6-8-17-15-21(29-3)12-13-22(17)18/h7,10-15,18H,4-6,8-9,16H2,1-3H3,(H,25,27). The molecule has 5 heteroatoms. The summed E-state index contributed by atoms with van der Waals surface area (Å²) in [7, 11) is 1.68. The summed E-state index contributed by atoms with van der Waals surface area (Å²) in [5.74, 6) is 1.04. The molecule has 154 valence electrons. The summed E-state index contributed by atoms with van der Waals surface area (Å²) in [6.45, 7) is 5.25. The Bertz CT molecular complexity index is 874. The predicted molar refractivity (Wildman–Crippen MR) is 116 cm³/mol. The number of ether oxygens (including phenoxy) is 1. The second-order valence-corrected chi connectivity index (χ2v) is 7.46. The average Bonchev–Trinajstić information content (AvgIpc) is 2.74. The molecule has 5 nitrogen and oxygen atoms in total. The van der Waals surface area contributed by atoms with Crippen LogP contribution < -0.4 is 10.1 Å². The predicted octanol–water partition coefficient (Wildman–Crippen LogP) is 4.63. The van der Waals surface area contributed by atoms with Gasteiger partial charge in [0, 0.05) is 30.8 Å². The highest BCUT2D eigenvalue weighted by Crippen LogP contribution is 2.36. The van der Waals surface area contributed by atoms with Crippen LogP contribution in [0.5, 0.6) is 5.75 Å².